The van der Waals surface area contributed by atoms with Gasteiger partial charge in [0.25, 0.3) is 0 Å². The summed E-state index contributed by atoms with van der Waals surface area (Å²) in [6.45, 7) is 2.98. The number of likely N-dealkylation sites (tertiary alicyclic amines) is 1. The zero-order valence-corrected chi connectivity index (χ0v) is 17.3. The van der Waals surface area contributed by atoms with Gasteiger partial charge in [0.2, 0.25) is 11.8 Å². The van der Waals surface area contributed by atoms with Gasteiger partial charge in [-0.3, -0.25) is 9.59 Å². The van der Waals surface area contributed by atoms with Crippen molar-refractivity contribution < 1.29 is 19.1 Å². The third kappa shape index (κ3) is 5.52. The summed E-state index contributed by atoms with van der Waals surface area (Å²) in [5.41, 5.74) is 1.07. The highest BCUT2D eigenvalue weighted by Gasteiger charge is 2.34. The van der Waals surface area contributed by atoms with Crippen LogP contribution in [0.3, 0.4) is 0 Å². The normalized spacial score (nSPS) is 19.9. The Morgan fingerprint density at radius 2 is 1.93 bits per heavy atom. The van der Waals surface area contributed by atoms with Crippen LogP contribution in [0.5, 0.6) is 11.5 Å². The topological polar surface area (TPSA) is 79.9 Å². The molecule has 0 saturated carbocycles. The number of rotatable bonds is 7. The van der Waals surface area contributed by atoms with E-state index in [1.165, 1.54) is 0 Å². The second-order valence-electron chi connectivity index (χ2n) is 7.21. The molecule has 0 radical (unpaired) electrons. The molecule has 2 N–H and O–H groups in total. The first-order valence-electron chi connectivity index (χ1n) is 9.60. The highest BCUT2D eigenvalue weighted by atomic mass is 35.5. The summed E-state index contributed by atoms with van der Waals surface area (Å²) < 4.78 is 10.6. The zero-order chi connectivity index (χ0) is 19.2. The summed E-state index contributed by atoms with van der Waals surface area (Å²) in [6.07, 6.45) is 2.93. The predicted octanol–water partition coefficient (Wildman–Crippen LogP) is 1.38. The molecule has 0 aromatic heterocycles. The Balaban J connectivity index is 0.00000280. The molecule has 2 aliphatic rings. The first-order valence-corrected chi connectivity index (χ1v) is 9.60. The van der Waals surface area contributed by atoms with E-state index in [0.29, 0.717) is 37.4 Å². The largest absolute Gasteiger partial charge is 0.493 e. The van der Waals surface area contributed by atoms with Crippen LogP contribution in [-0.2, 0) is 16.0 Å². The van der Waals surface area contributed by atoms with Gasteiger partial charge in [0.15, 0.2) is 11.5 Å². The van der Waals surface area contributed by atoms with Crippen LogP contribution in [0, 0.1) is 5.92 Å². The molecule has 8 heteroatoms. The van der Waals surface area contributed by atoms with Crippen LogP contribution in [0.1, 0.15) is 24.8 Å². The van der Waals surface area contributed by atoms with E-state index in [-0.39, 0.29) is 36.2 Å². The maximum Gasteiger partial charge on any atom is 0.225 e. The minimum absolute atomic E-state index is 0. The van der Waals surface area contributed by atoms with Crippen LogP contribution in [0.25, 0.3) is 0 Å². The number of halogens is 1. The van der Waals surface area contributed by atoms with E-state index < -0.39 is 0 Å². The number of ether oxygens (including phenoxy) is 2. The second-order valence-corrected chi connectivity index (χ2v) is 7.21. The molecule has 0 spiro atoms. The number of hydrogen-bond donors (Lipinski definition) is 2. The van der Waals surface area contributed by atoms with Gasteiger partial charge in [0.05, 0.1) is 20.1 Å². The lowest BCUT2D eigenvalue weighted by Gasteiger charge is -2.25. The molecule has 2 amide bonds. The van der Waals surface area contributed by atoms with Crippen molar-refractivity contribution in [2.45, 2.75) is 31.7 Å². The van der Waals surface area contributed by atoms with Gasteiger partial charge < -0.3 is 25.0 Å². The molecule has 0 bridgehead atoms. The summed E-state index contributed by atoms with van der Waals surface area (Å²) in [5, 5.41) is 6.40. The smallest absolute Gasteiger partial charge is 0.225 e. The number of benzene rings is 1. The summed E-state index contributed by atoms with van der Waals surface area (Å²) in [7, 11) is 3.21. The van der Waals surface area contributed by atoms with E-state index in [1.807, 2.05) is 18.2 Å². The molecular weight excluding hydrogens is 382 g/mol. The van der Waals surface area contributed by atoms with Crippen molar-refractivity contribution in [3.8, 4) is 11.5 Å². The van der Waals surface area contributed by atoms with E-state index in [9.17, 15) is 9.59 Å². The van der Waals surface area contributed by atoms with E-state index in [2.05, 4.69) is 10.6 Å². The molecule has 3 rings (SSSR count). The van der Waals surface area contributed by atoms with Crippen molar-refractivity contribution >= 4 is 24.2 Å². The molecule has 1 atom stereocenters. The quantitative estimate of drug-likeness (QED) is 0.708. The van der Waals surface area contributed by atoms with Crippen molar-refractivity contribution in [3.05, 3.63) is 23.8 Å². The highest BCUT2D eigenvalue weighted by Crippen LogP contribution is 2.28. The number of methoxy groups -OCH3 is 2. The van der Waals surface area contributed by atoms with Gasteiger partial charge >= 0.3 is 0 Å². The number of amides is 2. The maximum absolute atomic E-state index is 12.5. The Kier molecular flexibility index (Phi) is 8.38. The van der Waals surface area contributed by atoms with E-state index in [1.54, 1.807) is 19.1 Å². The fraction of sp³-hybridized carbons (Fsp3) is 0.600. The Hall–Kier alpha value is -1.99. The fourth-order valence-corrected chi connectivity index (χ4v) is 3.75. The lowest BCUT2D eigenvalue weighted by Crippen LogP contribution is -2.45. The molecule has 1 aromatic rings. The van der Waals surface area contributed by atoms with Gasteiger partial charge in [-0.1, -0.05) is 6.07 Å². The molecular formula is C20H30ClN3O4. The summed E-state index contributed by atoms with van der Waals surface area (Å²) >= 11 is 0. The van der Waals surface area contributed by atoms with Crippen LogP contribution in [0.4, 0.5) is 0 Å². The molecule has 2 fully saturated rings. The summed E-state index contributed by atoms with van der Waals surface area (Å²) in [5.74, 6) is 1.21. The number of nitrogens with one attached hydrogen (secondary N) is 2. The lowest BCUT2D eigenvalue weighted by atomic mass is 10.0. The Labute approximate surface area is 172 Å². The van der Waals surface area contributed by atoms with Crippen molar-refractivity contribution in [2.24, 2.45) is 5.92 Å². The molecule has 1 unspecified atom stereocenters. The van der Waals surface area contributed by atoms with Gasteiger partial charge in [-0.05, 0) is 50.0 Å². The molecule has 0 aliphatic carbocycles. The predicted molar refractivity (Wildman–Crippen MR) is 109 cm³/mol. The second kappa shape index (κ2) is 10.5. The first-order chi connectivity index (χ1) is 13.1. The zero-order valence-electron chi connectivity index (χ0n) is 16.5. The molecule has 2 heterocycles. The first kappa shape index (κ1) is 22.3. The maximum atomic E-state index is 12.5. The Morgan fingerprint density at radius 3 is 2.61 bits per heavy atom. The minimum atomic E-state index is -0.238. The van der Waals surface area contributed by atoms with Crippen LogP contribution in [0.2, 0.25) is 0 Å². The third-order valence-electron chi connectivity index (χ3n) is 5.39. The van der Waals surface area contributed by atoms with Crippen LogP contribution in [-0.4, -0.2) is 63.2 Å². The Bertz CT molecular complexity index is 679. The van der Waals surface area contributed by atoms with E-state index >= 15 is 0 Å². The number of hydrogen-bond acceptors (Lipinski definition) is 5. The molecule has 28 heavy (non-hydrogen) atoms. The van der Waals surface area contributed by atoms with Crippen LogP contribution >= 0.6 is 12.4 Å². The van der Waals surface area contributed by atoms with Crippen LogP contribution < -0.4 is 20.1 Å². The van der Waals surface area contributed by atoms with E-state index in [4.69, 9.17) is 9.47 Å². The lowest BCUT2D eigenvalue weighted by molar-refractivity contribution is -0.129. The Morgan fingerprint density at radius 1 is 1.21 bits per heavy atom. The number of piperidine rings is 1. The van der Waals surface area contributed by atoms with Gasteiger partial charge in [-0.25, -0.2) is 0 Å². The van der Waals surface area contributed by atoms with Gasteiger partial charge in [0, 0.05) is 25.6 Å². The number of nitrogens with zero attached hydrogens (tertiary/aromatic N) is 1. The van der Waals surface area contributed by atoms with Crippen molar-refractivity contribution in [1.82, 2.24) is 15.5 Å². The highest BCUT2D eigenvalue weighted by molar-refractivity contribution is 5.89. The summed E-state index contributed by atoms with van der Waals surface area (Å²) in [6, 6.07) is 6.01. The average molecular weight is 412 g/mol. The molecule has 156 valence electrons. The molecule has 7 nitrogen and oxygen atoms in total. The van der Waals surface area contributed by atoms with Crippen molar-refractivity contribution in [1.29, 1.82) is 0 Å². The average Bonchev–Trinajstić information content (AvgIpc) is 3.07. The third-order valence-corrected chi connectivity index (χ3v) is 5.39. The minimum Gasteiger partial charge on any atom is -0.493 e. The monoisotopic (exact) mass is 411 g/mol. The fourth-order valence-electron chi connectivity index (χ4n) is 3.75. The molecule has 2 aliphatic heterocycles. The van der Waals surface area contributed by atoms with Gasteiger partial charge in [-0.15, -0.1) is 12.4 Å². The van der Waals surface area contributed by atoms with Crippen molar-refractivity contribution in [2.75, 3.05) is 40.4 Å². The SMILES string of the molecule is COc1ccc(CCN2CC(C(=O)NC3CCNCC3)CC2=O)cc1OC.Cl. The number of carbonyl (C=O) groups excluding carboxylic acids is 2. The van der Waals surface area contributed by atoms with E-state index in [0.717, 1.165) is 31.5 Å². The van der Waals surface area contributed by atoms with Crippen LogP contribution in [0.15, 0.2) is 18.2 Å². The number of carbonyl (C=O) groups is 2. The summed E-state index contributed by atoms with van der Waals surface area (Å²) in [4.78, 5) is 26.6. The standard InChI is InChI=1S/C20H29N3O4.ClH/c1-26-17-4-3-14(11-18(17)27-2)7-10-23-13-15(12-19(23)24)20(25)22-16-5-8-21-9-6-16;/h3-4,11,15-16,21H,5-10,12-13H2,1-2H3,(H,22,25);1H. The van der Waals surface area contributed by atoms with Crippen molar-refractivity contribution in [3.63, 3.8) is 0 Å². The molecule has 2 saturated heterocycles. The van der Waals surface area contributed by atoms with Gasteiger partial charge in [0.1, 0.15) is 0 Å². The van der Waals surface area contributed by atoms with Gasteiger partial charge in [-0.2, -0.15) is 0 Å². The molecule has 1 aromatic carbocycles.